The van der Waals surface area contributed by atoms with Crippen molar-refractivity contribution >= 4 is 29.9 Å². The fourth-order valence-corrected chi connectivity index (χ4v) is 1.97. The number of para-hydroxylation sites is 1. The van der Waals surface area contributed by atoms with Crippen molar-refractivity contribution in [3.05, 3.63) is 29.8 Å². The van der Waals surface area contributed by atoms with Crippen LogP contribution in [-0.4, -0.2) is 46.4 Å². The van der Waals surface area contributed by atoms with E-state index in [9.17, 15) is 0 Å². The molecule has 1 aromatic carbocycles. The first kappa shape index (κ1) is 21.0. The number of nitrogens with one attached hydrogen (secondary N) is 2. The van der Waals surface area contributed by atoms with Crippen LogP contribution in [0.2, 0.25) is 0 Å². The molecule has 6 heteroatoms. The van der Waals surface area contributed by atoms with E-state index in [1.165, 1.54) is 5.56 Å². The van der Waals surface area contributed by atoms with Crippen molar-refractivity contribution in [3.63, 3.8) is 0 Å². The fourth-order valence-electron chi connectivity index (χ4n) is 1.97. The third-order valence-corrected chi connectivity index (χ3v) is 3.00. The molecule has 1 aromatic rings. The molecule has 0 radical (unpaired) electrons. The standard InChI is InChI=1S/C16H27N3O2.HI/c1-4-17-16(18-11-7-13-20-2)19-12-10-14-8-5-6-9-15(14)21-3;/h5-6,8-9H,4,7,10-13H2,1-3H3,(H2,17,18,19);1H. The molecule has 0 bridgehead atoms. The molecule has 126 valence electrons. The molecule has 2 N–H and O–H groups in total. The summed E-state index contributed by atoms with van der Waals surface area (Å²) in [5.74, 6) is 1.78. The predicted octanol–water partition coefficient (Wildman–Crippen LogP) is 2.45. The van der Waals surface area contributed by atoms with Gasteiger partial charge in [0.05, 0.1) is 7.11 Å². The van der Waals surface area contributed by atoms with Crippen molar-refractivity contribution in [2.75, 3.05) is 40.5 Å². The number of rotatable bonds is 9. The lowest BCUT2D eigenvalue weighted by atomic mass is 10.1. The molecule has 5 nitrogen and oxygen atoms in total. The molecule has 0 aliphatic rings. The fraction of sp³-hybridized carbons (Fsp3) is 0.562. The van der Waals surface area contributed by atoms with Crippen LogP contribution in [0, 0.1) is 0 Å². The Morgan fingerprint density at radius 1 is 1.18 bits per heavy atom. The Morgan fingerprint density at radius 3 is 2.64 bits per heavy atom. The number of benzene rings is 1. The van der Waals surface area contributed by atoms with Gasteiger partial charge in [-0.1, -0.05) is 18.2 Å². The van der Waals surface area contributed by atoms with Crippen molar-refractivity contribution in [1.82, 2.24) is 10.6 Å². The minimum Gasteiger partial charge on any atom is -0.496 e. The van der Waals surface area contributed by atoms with E-state index in [-0.39, 0.29) is 24.0 Å². The van der Waals surface area contributed by atoms with E-state index in [2.05, 4.69) is 28.6 Å². The summed E-state index contributed by atoms with van der Waals surface area (Å²) in [5, 5.41) is 6.58. The maximum atomic E-state index is 5.35. The minimum atomic E-state index is 0. The molecular formula is C16H28IN3O2. The van der Waals surface area contributed by atoms with Crippen LogP contribution in [0.4, 0.5) is 0 Å². The van der Waals surface area contributed by atoms with Gasteiger partial charge in [-0.25, -0.2) is 0 Å². The Morgan fingerprint density at radius 2 is 1.95 bits per heavy atom. The van der Waals surface area contributed by atoms with Crippen molar-refractivity contribution in [3.8, 4) is 5.75 Å². The van der Waals surface area contributed by atoms with Gasteiger partial charge in [-0.05, 0) is 31.4 Å². The maximum absolute atomic E-state index is 5.35. The van der Waals surface area contributed by atoms with Gasteiger partial charge in [0.1, 0.15) is 5.75 Å². The summed E-state index contributed by atoms with van der Waals surface area (Å²) >= 11 is 0. The SMILES string of the molecule is CCNC(=NCCCOC)NCCc1ccccc1OC.I. The molecule has 0 saturated heterocycles. The molecule has 0 atom stereocenters. The Kier molecular flexibility index (Phi) is 13.0. The summed E-state index contributed by atoms with van der Waals surface area (Å²) in [6.07, 6.45) is 1.83. The van der Waals surface area contributed by atoms with E-state index in [0.717, 1.165) is 50.8 Å². The Hall–Kier alpha value is -1.02. The summed E-state index contributed by atoms with van der Waals surface area (Å²) in [4.78, 5) is 4.51. The molecular weight excluding hydrogens is 393 g/mol. The summed E-state index contributed by atoms with van der Waals surface area (Å²) in [6, 6.07) is 8.08. The number of methoxy groups -OCH3 is 2. The number of halogens is 1. The minimum absolute atomic E-state index is 0. The van der Waals surface area contributed by atoms with Crippen LogP contribution in [0.1, 0.15) is 18.9 Å². The molecule has 22 heavy (non-hydrogen) atoms. The zero-order chi connectivity index (χ0) is 15.3. The Balaban J connectivity index is 0.00000441. The quantitative estimate of drug-likeness (QED) is 0.279. The lowest BCUT2D eigenvalue weighted by Crippen LogP contribution is -2.38. The molecule has 1 rings (SSSR count). The van der Waals surface area contributed by atoms with Crippen molar-refractivity contribution in [1.29, 1.82) is 0 Å². The van der Waals surface area contributed by atoms with Gasteiger partial charge in [-0.2, -0.15) is 0 Å². The Bertz CT molecular complexity index is 428. The highest BCUT2D eigenvalue weighted by molar-refractivity contribution is 14.0. The second kappa shape index (κ2) is 13.6. The molecule has 0 aromatic heterocycles. The number of aliphatic imine (C=N–C) groups is 1. The summed E-state index contributed by atoms with van der Waals surface area (Å²) in [6.45, 7) is 5.23. The molecule has 0 aliphatic heterocycles. The number of guanidine groups is 1. The number of ether oxygens (including phenoxy) is 2. The van der Waals surface area contributed by atoms with Crippen LogP contribution in [0.5, 0.6) is 5.75 Å². The van der Waals surface area contributed by atoms with Gasteiger partial charge in [-0.15, -0.1) is 24.0 Å². The smallest absolute Gasteiger partial charge is 0.191 e. The van der Waals surface area contributed by atoms with E-state index in [1.807, 2.05) is 18.2 Å². The molecule has 0 amide bonds. The number of nitrogens with zero attached hydrogens (tertiary/aromatic N) is 1. The van der Waals surface area contributed by atoms with Gasteiger partial charge >= 0.3 is 0 Å². The monoisotopic (exact) mass is 421 g/mol. The molecule has 0 fully saturated rings. The predicted molar refractivity (Wildman–Crippen MR) is 103 cm³/mol. The van der Waals surface area contributed by atoms with Crippen molar-refractivity contribution in [2.45, 2.75) is 19.8 Å². The zero-order valence-corrected chi connectivity index (χ0v) is 16.1. The average Bonchev–Trinajstić information content (AvgIpc) is 2.52. The maximum Gasteiger partial charge on any atom is 0.191 e. The zero-order valence-electron chi connectivity index (χ0n) is 13.7. The highest BCUT2D eigenvalue weighted by Gasteiger charge is 2.02. The van der Waals surface area contributed by atoms with Crippen LogP contribution < -0.4 is 15.4 Å². The number of hydrogen-bond acceptors (Lipinski definition) is 3. The van der Waals surface area contributed by atoms with E-state index >= 15 is 0 Å². The summed E-state index contributed by atoms with van der Waals surface area (Å²) in [5.41, 5.74) is 1.20. The van der Waals surface area contributed by atoms with Crippen LogP contribution >= 0.6 is 24.0 Å². The third-order valence-electron chi connectivity index (χ3n) is 3.00. The van der Waals surface area contributed by atoms with Gasteiger partial charge in [0.25, 0.3) is 0 Å². The topological polar surface area (TPSA) is 54.9 Å². The Labute approximate surface area is 150 Å². The normalized spacial score (nSPS) is 10.8. The first-order valence-corrected chi connectivity index (χ1v) is 7.44. The van der Waals surface area contributed by atoms with E-state index in [4.69, 9.17) is 9.47 Å². The van der Waals surface area contributed by atoms with Crippen LogP contribution in [0.15, 0.2) is 29.3 Å². The second-order valence-corrected chi connectivity index (χ2v) is 4.60. The molecule has 0 unspecified atom stereocenters. The first-order chi connectivity index (χ1) is 10.3. The second-order valence-electron chi connectivity index (χ2n) is 4.60. The highest BCUT2D eigenvalue weighted by atomic mass is 127. The van der Waals surface area contributed by atoms with Crippen LogP contribution in [0.3, 0.4) is 0 Å². The van der Waals surface area contributed by atoms with Gasteiger partial charge in [-0.3, -0.25) is 4.99 Å². The van der Waals surface area contributed by atoms with Gasteiger partial charge < -0.3 is 20.1 Å². The van der Waals surface area contributed by atoms with E-state index in [1.54, 1.807) is 14.2 Å². The molecule has 0 spiro atoms. The number of hydrogen-bond donors (Lipinski definition) is 2. The van der Waals surface area contributed by atoms with E-state index < -0.39 is 0 Å². The summed E-state index contributed by atoms with van der Waals surface area (Å²) in [7, 11) is 3.41. The third kappa shape index (κ3) is 8.43. The van der Waals surface area contributed by atoms with Gasteiger partial charge in [0.2, 0.25) is 0 Å². The highest BCUT2D eigenvalue weighted by Crippen LogP contribution is 2.17. The molecule has 0 saturated carbocycles. The average molecular weight is 421 g/mol. The van der Waals surface area contributed by atoms with Gasteiger partial charge in [0, 0.05) is 33.4 Å². The van der Waals surface area contributed by atoms with E-state index in [0.29, 0.717) is 0 Å². The van der Waals surface area contributed by atoms with Crippen LogP contribution in [-0.2, 0) is 11.2 Å². The van der Waals surface area contributed by atoms with Crippen LogP contribution in [0.25, 0.3) is 0 Å². The lowest BCUT2D eigenvalue weighted by Gasteiger charge is -2.12. The summed E-state index contributed by atoms with van der Waals surface area (Å²) < 4.78 is 10.4. The van der Waals surface area contributed by atoms with Crippen molar-refractivity contribution < 1.29 is 9.47 Å². The van der Waals surface area contributed by atoms with Crippen molar-refractivity contribution in [2.24, 2.45) is 4.99 Å². The largest absolute Gasteiger partial charge is 0.496 e. The molecule has 0 aliphatic carbocycles. The molecule has 0 heterocycles. The van der Waals surface area contributed by atoms with Gasteiger partial charge in [0.15, 0.2) is 5.96 Å². The lowest BCUT2D eigenvalue weighted by molar-refractivity contribution is 0.197. The first-order valence-electron chi connectivity index (χ1n) is 7.44.